The Morgan fingerprint density at radius 2 is 1.83 bits per heavy atom. The van der Waals surface area contributed by atoms with Crippen molar-refractivity contribution >= 4 is 23.6 Å². The fourth-order valence-electron chi connectivity index (χ4n) is 3.14. The van der Waals surface area contributed by atoms with Crippen molar-refractivity contribution < 1.29 is 22.7 Å². The number of carbonyl (C=O) groups is 1. The number of benzene rings is 2. The molecule has 3 rings (SSSR count). The predicted octanol–water partition coefficient (Wildman–Crippen LogP) is 4.52. The number of hydrogen-bond donors (Lipinski definition) is 1. The van der Waals surface area contributed by atoms with E-state index in [9.17, 15) is 18.0 Å². The maximum Gasteiger partial charge on any atom is 0.416 e. The van der Waals surface area contributed by atoms with Crippen molar-refractivity contribution in [1.29, 1.82) is 0 Å². The Morgan fingerprint density at radius 3 is 2.53 bits per heavy atom. The molecule has 0 aliphatic carbocycles. The molecule has 1 heterocycles. The van der Waals surface area contributed by atoms with E-state index in [1.54, 1.807) is 0 Å². The average Bonchev–Trinajstić information content (AvgIpc) is 2.72. The van der Waals surface area contributed by atoms with Gasteiger partial charge >= 0.3 is 6.18 Å². The van der Waals surface area contributed by atoms with Crippen LogP contribution >= 0.6 is 11.6 Å². The zero-order valence-electron chi connectivity index (χ0n) is 16.2. The molecule has 0 radical (unpaired) electrons. The summed E-state index contributed by atoms with van der Waals surface area (Å²) in [7, 11) is 0. The molecule has 0 spiro atoms. The lowest BCUT2D eigenvalue weighted by molar-refractivity contribution is -0.137. The summed E-state index contributed by atoms with van der Waals surface area (Å²) in [6, 6.07) is 10.8. The number of amides is 1. The second-order valence-electron chi connectivity index (χ2n) is 6.94. The molecule has 160 valence electrons. The summed E-state index contributed by atoms with van der Waals surface area (Å²) in [4.78, 5) is 14.5. The second kappa shape index (κ2) is 10.1. The molecule has 0 saturated carbocycles. The summed E-state index contributed by atoms with van der Waals surface area (Å²) in [5, 5.41) is 2.92. The summed E-state index contributed by atoms with van der Waals surface area (Å²) < 4.78 is 43.9. The number of carbonyl (C=O) groups excluding carboxylic acids is 1. The van der Waals surface area contributed by atoms with E-state index in [0.717, 1.165) is 42.9 Å². The summed E-state index contributed by atoms with van der Waals surface area (Å²) in [6.07, 6.45) is -2.00. The molecule has 1 amide bonds. The van der Waals surface area contributed by atoms with Crippen LogP contribution in [0.3, 0.4) is 0 Å². The Kier molecular flexibility index (Phi) is 7.53. The maximum atomic E-state index is 12.9. The number of rotatable bonds is 6. The predicted molar refractivity (Wildman–Crippen MR) is 110 cm³/mol. The van der Waals surface area contributed by atoms with Gasteiger partial charge in [0, 0.05) is 37.3 Å². The lowest BCUT2D eigenvalue weighted by Gasteiger charge is -2.27. The van der Waals surface area contributed by atoms with Crippen LogP contribution in [-0.2, 0) is 28.8 Å². The summed E-state index contributed by atoms with van der Waals surface area (Å²) in [5.41, 5.74) is 1.42. The van der Waals surface area contributed by atoms with E-state index in [4.69, 9.17) is 16.3 Å². The molecule has 1 aliphatic heterocycles. The number of hydrogen-bond acceptors (Lipinski definition) is 3. The highest BCUT2D eigenvalue weighted by atomic mass is 35.5. The van der Waals surface area contributed by atoms with Crippen molar-refractivity contribution in [1.82, 2.24) is 10.2 Å². The highest BCUT2D eigenvalue weighted by Gasteiger charge is 2.30. The quantitative estimate of drug-likeness (QED) is 0.674. The fraction of sp³-hybridized carbons (Fsp3) is 0.318. The molecule has 2 aromatic rings. The van der Waals surface area contributed by atoms with Crippen molar-refractivity contribution in [3.05, 3.63) is 75.8 Å². The van der Waals surface area contributed by atoms with Gasteiger partial charge in [-0.05, 0) is 41.0 Å². The monoisotopic (exact) mass is 438 g/mol. The largest absolute Gasteiger partial charge is 0.416 e. The van der Waals surface area contributed by atoms with E-state index in [1.165, 1.54) is 18.2 Å². The van der Waals surface area contributed by atoms with Crippen molar-refractivity contribution in [2.75, 3.05) is 26.3 Å². The standard InChI is InChI=1S/C22H22ClF3N2O2/c23-20-7-6-19(22(24,25)26)13-16(20)5-8-21(29)27-14-17-3-1-2-4-18(17)15-28-9-11-30-12-10-28/h1-8,13H,9-12,14-15H2,(H,27,29)/b8-5+. The minimum Gasteiger partial charge on any atom is -0.379 e. The number of morpholine rings is 1. The molecule has 0 unspecified atom stereocenters. The van der Waals surface area contributed by atoms with Gasteiger partial charge in [0.15, 0.2) is 0 Å². The number of nitrogens with zero attached hydrogens (tertiary/aromatic N) is 1. The van der Waals surface area contributed by atoms with Gasteiger partial charge in [0.1, 0.15) is 0 Å². The summed E-state index contributed by atoms with van der Waals surface area (Å²) in [5.74, 6) is -0.412. The first kappa shape index (κ1) is 22.3. The minimum atomic E-state index is -4.47. The zero-order valence-corrected chi connectivity index (χ0v) is 17.0. The van der Waals surface area contributed by atoms with Gasteiger partial charge in [-0.25, -0.2) is 0 Å². The molecule has 1 saturated heterocycles. The van der Waals surface area contributed by atoms with Gasteiger partial charge in [-0.2, -0.15) is 13.2 Å². The van der Waals surface area contributed by atoms with Crippen LogP contribution < -0.4 is 5.32 Å². The van der Waals surface area contributed by atoms with Crippen LogP contribution in [0.1, 0.15) is 22.3 Å². The van der Waals surface area contributed by atoms with Crippen molar-refractivity contribution in [3.63, 3.8) is 0 Å². The molecule has 8 heteroatoms. The first-order chi connectivity index (χ1) is 14.3. The summed E-state index contributed by atoms with van der Waals surface area (Å²) in [6.45, 7) is 4.23. The zero-order chi connectivity index (χ0) is 21.6. The lowest BCUT2D eigenvalue weighted by atomic mass is 10.1. The maximum absolute atomic E-state index is 12.9. The van der Waals surface area contributed by atoms with Crippen molar-refractivity contribution in [2.24, 2.45) is 0 Å². The molecule has 4 nitrogen and oxygen atoms in total. The molecular weight excluding hydrogens is 417 g/mol. The van der Waals surface area contributed by atoms with Gasteiger partial charge in [-0.1, -0.05) is 35.9 Å². The van der Waals surface area contributed by atoms with Gasteiger partial charge in [-0.15, -0.1) is 0 Å². The Morgan fingerprint density at radius 1 is 1.13 bits per heavy atom. The van der Waals surface area contributed by atoms with Gasteiger partial charge < -0.3 is 10.1 Å². The van der Waals surface area contributed by atoms with E-state index in [-0.39, 0.29) is 10.6 Å². The average molecular weight is 439 g/mol. The van der Waals surface area contributed by atoms with Crippen LogP contribution in [0.25, 0.3) is 6.08 Å². The van der Waals surface area contributed by atoms with Gasteiger partial charge in [0.2, 0.25) is 5.91 Å². The number of ether oxygens (including phenoxy) is 1. The van der Waals surface area contributed by atoms with Crippen molar-refractivity contribution in [2.45, 2.75) is 19.3 Å². The number of nitrogens with one attached hydrogen (secondary N) is 1. The SMILES string of the molecule is O=C(/C=C/c1cc(C(F)(F)F)ccc1Cl)NCc1ccccc1CN1CCOCC1. The Bertz CT molecular complexity index is 909. The highest BCUT2D eigenvalue weighted by Crippen LogP contribution is 2.32. The van der Waals surface area contributed by atoms with E-state index in [2.05, 4.69) is 10.2 Å². The molecule has 1 N–H and O–H groups in total. The first-order valence-electron chi connectivity index (χ1n) is 9.52. The first-order valence-corrected chi connectivity index (χ1v) is 9.90. The normalized spacial score (nSPS) is 15.5. The lowest BCUT2D eigenvalue weighted by Crippen LogP contribution is -2.36. The smallest absolute Gasteiger partial charge is 0.379 e. The van der Waals surface area contributed by atoms with Gasteiger partial charge in [-0.3, -0.25) is 9.69 Å². The molecular formula is C22H22ClF3N2O2. The second-order valence-corrected chi connectivity index (χ2v) is 7.35. The third-order valence-electron chi connectivity index (χ3n) is 4.81. The molecule has 30 heavy (non-hydrogen) atoms. The molecule has 1 fully saturated rings. The molecule has 1 aliphatic rings. The van der Waals surface area contributed by atoms with Crippen LogP contribution in [0.2, 0.25) is 5.02 Å². The fourth-order valence-corrected chi connectivity index (χ4v) is 3.32. The van der Waals surface area contributed by atoms with Crippen molar-refractivity contribution in [3.8, 4) is 0 Å². The Balaban J connectivity index is 1.61. The van der Waals surface area contributed by atoms with Crippen LogP contribution in [0, 0.1) is 0 Å². The molecule has 0 aromatic heterocycles. The Hall–Kier alpha value is -2.35. The van der Waals surface area contributed by atoms with E-state index in [0.29, 0.717) is 19.8 Å². The molecule has 0 atom stereocenters. The van der Waals surface area contributed by atoms with Crippen LogP contribution in [0.4, 0.5) is 13.2 Å². The van der Waals surface area contributed by atoms with Crippen LogP contribution in [0.5, 0.6) is 0 Å². The van der Waals surface area contributed by atoms with Gasteiger partial charge in [0.05, 0.1) is 18.8 Å². The Labute approximate surface area is 178 Å². The minimum absolute atomic E-state index is 0.134. The third-order valence-corrected chi connectivity index (χ3v) is 5.15. The molecule has 2 aromatic carbocycles. The highest BCUT2D eigenvalue weighted by molar-refractivity contribution is 6.32. The van der Waals surface area contributed by atoms with Gasteiger partial charge in [0.25, 0.3) is 0 Å². The van der Waals surface area contributed by atoms with E-state index in [1.807, 2.05) is 24.3 Å². The van der Waals surface area contributed by atoms with Crippen LogP contribution in [0.15, 0.2) is 48.5 Å². The molecule has 0 bridgehead atoms. The topological polar surface area (TPSA) is 41.6 Å². The third kappa shape index (κ3) is 6.32. The number of alkyl halides is 3. The number of halogens is 4. The van der Waals surface area contributed by atoms with E-state index >= 15 is 0 Å². The van der Waals surface area contributed by atoms with Crippen LogP contribution in [-0.4, -0.2) is 37.1 Å². The summed E-state index contributed by atoms with van der Waals surface area (Å²) >= 11 is 5.95. The van der Waals surface area contributed by atoms with E-state index < -0.39 is 17.6 Å².